The van der Waals surface area contributed by atoms with Gasteiger partial charge in [0, 0.05) is 53.3 Å². The average Bonchev–Trinajstić information content (AvgIpc) is 3.46. The van der Waals surface area contributed by atoms with E-state index in [0.29, 0.717) is 37.5 Å². The number of nitrogens with one attached hydrogen (secondary N) is 4. The maximum Gasteiger partial charge on any atom is 1.00 e. The molecule has 1 aliphatic rings. The predicted molar refractivity (Wildman–Crippen MR) is 148 cm³/mol. The van der Waals surface area contributed by atoms with Crippen molar-refractivity contribution in [3.8, 4) is 5.75 Å². The number of anilines is 2. The van der Waals surface area contributed by atoms with Crippen molar-refractivity contribution in [3.63, 3.8) is 0 Å². The summed E-state index contributed by atoms with van der Waals surface area (Å²) in [5.74, 6) is 0.123. The second kappa shape index (κ2) is 13.5. The fraction of sp³-hybridized carbons (Fsp3) is 0.360. The number of aromatic amines is 2. The van der Waals surface area contributed by atoms with Crippen molar-refractivity contribution < 1.29 is 44.2 Å². The van der Waals surface area contributed by atoms with Crippen molar-refractivity contribution in [2.45, 2.75) is 32.7 Å². The molecule has 2 aromatic carbocycles. The van der Waals surface area contributed by atoms with Crippen LogP contribution in [0.1, 0.15) is 24.0 Å². The van der Waals surface area contributed by atoms with Crippen LogP contribution in [-0.4, -0.2) is 53.3 Å². The Morgan fingerprint density at radius 1 is 1.24 bits per heavy atom. The number of carbonyl (C=O) groups excluding carboxylic acids is 1. The molecule has 2 atom stereocenters. The number of hydrogen-bond acceptors (Lipinski definition) is 8. The van der Waals surface area contributed by atoms with Crippen molar-refractivity contribution in [2.75, 3.05) is 31.7 Å². The van der Waals surface area contributed by atoms with Gasteiger partial charge >= 0.3 is 29.6 Å². The van der Waals surface area contributed by atoms with Gasteiger partial charge in [0.2, 0.25) is 10.7 Å². The quantitative estimate of drug-likeness (QED) is 0.0624. The number of ether oxygens (including phenoxy) is 1. The molecule has 1 saturated heterocycles. The maximum atomic E-state index is 11.3. The number of carboxylic acid groups (broad SMARTS) is 1. The maximum absolute atomic E-state index is 11.3. The molecule has 1 aromatic heterocycles. The number of aromatic nitrogens is 3. The van der Waals surface area contributed by atoms with E-state index in [1.165, 1.54) is 5.69 Å². The number of rotatable bonds is 12. The second-order valence-corrected chi connectivity index (χ2v) is 10.4. The van der Waals surface area contributed by atoms with E-state index in [0.717, 1.165) is 42.9 Å². The van der Waals surface area contributed by atoms with Crippen molar-refractivity contribution >= 4 is 59.3 Å². The SMILES string of the molecule is Cc1cc(Cl)cc(C)c1[N+]1(CCCNCOc2cccc(Nc3nc(=S)[nH]c(=S)[nH]3)c2)CC1CC(=O)[O-].[Na+]. The molecule has 2 heterocycles. The molecule has 196 valence electrons. The van der Waals surface area contributed by atoms with E-state index in [-0.39, 0.29) is 42.0 Å². The molecule has 0 amide bonds. The standard InChI is InChI=1S/C25H29ClN6O3S2.Na/c1-15-9-17(26)10-16(2)22(15)32(13-19(32)12-21(33)34)8-4-7-27-14-35-20-6-3-5-18(11-20)28-23-29-24(36)31-25(37)30-23;/h3,5-6,9-11,19,27H,4,7-8,12-14H2,1-2H3,(H3-,28,29,30,31,33,34,36,37);/q;+1. The number of hydrogen-bond donors (Lipinski definition) is 4. The molecule has 4 rings (SSSR count). The van der Waals surface area contributed by atoms with Crippen LogP contribution in [0.3, 0.4) is 0 Å². The van der Waals surface area contributed by atoms with Crippen LogP contribution >= 0.6 is 36.0 Å². The molecular weight excluding hydrogens is 555 g/mol. The van der Waals surface area contributed by atoms with Gasteiger partial charge in [0.1, 0.15) is 30.8 Å². The van der Waals surface area contributed by atoms with Crippen LogP contribution in [0.25, 0.3) is 0 Å². The molecule has 0 spiro atoms. The zero-order valence-corrected chi connectivity index (χ0v) is 26.0. The van der Waals surface area contributed by atoms with Gasteiger partial charge in [0.25, 0.3) is 0 Å². The number of quaternary nitrogens is 1. The third-order valence-corrected chi connectivity index (χ3v) is 7.04. The van der Waals surface area contributed by atoms with E-state index in [4.69, 9.17) is 40.8 Å². The van der Waals surface area contributed by atoms with Crippen LogP contribution in [-0.2, 0) is 4.79 Å². The summed E-state index contributed by atoms with van der Waals surface area (Å²) in [5.41, 5.74) is 4.12. The number of halogens is 1. The Kier molecular flexibility index (Phi) is 10.9. The number of carboxylic acids is 1. The molecule has 0 saturated carbocycles. The normalized spacial score (nSPS) is 17.9. The minimum atomic E-state index is -1.01. The van der Waals surface area contributed by atoms with Gasteiger partial charge in [-0.25, -0.2) is 0 Å². The Hall–Kier alpha value is -1.83. The minimum absolute atomic E-state index is 0. The average molecular weight is 584 g/mol. The summed E-state index contributed by atoms with van der Waals surface area (Å²) in [5, 5.41) is 18.4. The molecule has 3 aromatic rings. The zero-order valence-electron chi connectivity index (χ0n) is 21.6. The summed E-state index contributed by atoms with van der Waals surface area (Å²) >= 11 is 16.4. The van der Waals surface area contributed by atoms with Crippen LogP contribution < -0.4 is 54.5 Å². The monoisotopic (exact) mass is 583 g/mol. The van der Waals surface area contributed by atoms with Gasteiger partial charge < -0.3 is 29.9 Å². The Balaban J connectivity index is 0.00000400. The molecule has 1 aliphatic heterocycles. The van der Waals surface area contributed by atoms with E-state index in [2.05, 4.69) is 25.6 Å². The molecule has 38 heavy (non-hydrogen) atoms. The van der Waals surface area contributed by atoms with Crippen LogP contribution in [0.4, 0.5) is 17.3 Å². The molecule has 0 radical (unpaired) electrons. The van der Waals surface area contributed by atoms with Gasteiger partial charge in [-0.3, -0.25) is 9.80 Å². The Morgan fingerprint density at radius 3 is 2.66 bits per heavy atom. The van der Waals surface area contributed by atoms with E-state index >= 15 is 0 Å². The second-order valence-electron chi connectivity index (χ2n) is 9.20. The summed E-state index contributed by atoms with van der Waals surface area (Å²) in [6, 6.07) is 11.4. The van der Waals surface area contributed by atoms with Crippen LogP contribution in [0, 0.1) is 23.4 Å². The van der Waals surface area contributed by atoms with Crippen molar-refractivity contribution in [1.82, 2.24) is 24.8 Å². The van der Waals surface area contributed by atoms with Gasteiger partial charge in [-0.05, 0) is 62.5 Å². The number of nitrogens with zero attached hydrogens (tertiary/aromatic N) is 2. The first kappa shape index (κ1) is 30.7. The van der Waals surface area contributed by atoms with E-state index in [1.54, 1.807) is 0 Å². The molecule has 9 nitrogen and oxygen atoms in total. The molecule has 13 heteroatoms. The number of benzene rings is 2. The van der Waals surface area contributed by atoms with Crippen LogP contribution in [0.2, 0.25) is 5.02 Å². The minimum Gasteiger partial charge on any atom is -0.550 e. The largest absolute Gasteiger partial charge is 1.00 e. The summed E-state index contributed by atoms with van der Waals surface area (Å²) in [6.07, 6.45) is 0.911. The molecule has 2 unspecified atom stereocenters. The molecule has 0 aliphatic carbocycles. The van der Waals surface area contributed by atoms with E-state index in [9.17, 15) is 9.90 Å². The summed E-state index contributed by atoms with van der Waals surface area (Å²) < 4.78 is 7.19. The fourth-order valence-corrected chi connectivity index (χ4v) is 5.75. The number of carbonyl (C=O) groups is 1. The Labute approximate surface area is 258 Å². The molecule has 1 fully saturated rings. The van der Waals surface area contributed by atoms with Crippen molar-refractivity contribution in [1.29, 1.82) is 0 Å². The van der Waals surface area contributed by atoms with Crippen LogP contribution in [0.5, 0.6) is 5.75 Å². The topological polar surface area (TPSA) is 118 Å². The predicted octanol–water partition coefficient (Wildman–Crippen LogP) is 1.06. The van der Waals surface area contributed by atoms with Crippen molar-refractivity contribution in [2.24, 2.45) is 0 Å². The number of H-pyrrole nitrogens is 2. The number of aliphatic carboxylic acids is 1. The number of aryl methyl sites for hydroxylation is 2. The fourth-order valence-electron chi connectivity index (χ4n) is 4.97. The van der Waals surface area contributed by atoms with Crippen LogP contribution in [0.15, 0.2) is 36.4 Å². The molecule has 0 bridgehead atoms. The van der Waals surface area contributed by atoms with Gasteiger partial charge in [0.05, 0.1) is 6.54 Å². The molecule has 4 N–H and O–H groups in total. The smallest absolute Gasteiger partial charge is 0.550 e. The first-order chi connectivity index (χ1) is 17.7. The van der Waals surface area contributed by atoms with Gasteiger partial charge in [-0.2, -0.15) is 4.98 Å². The first-order valence-corrected chi connectivity index (χ1v) is 13.1. The third kappa shape index (κ3) is 7.86. The zero-order chi connectivity index (χ0) is 26.6. The summed E-state index contributed by atoms with van der Waals surface area (Å²) in [4.78, 5) is 21.1. The van der Waals surface area contributed by atoms with Crippen molar-refractivity contribution in [3.05, 3.63) is 62.1 Å². The third-order valence-electron chi connectivity index (χ3n) is 6.42. The summed E-state index contributed by atoms with van der Waals surface area (Å²) in [7, 11) is 0. The van der Waals surface area contributed by atoms with Gasteiger partial charge in [-0.15, -0.1) is 0 Å². The van der Waals surface area contributed by atoms with E-state index in [1.807, 2.05) is 50.2 Å². The molecular formula is C25H29ClN6NaO3S2+. The van der Waals surface area contributed by atoms with Gasteiger partial charge in [-0.1, -0.05) is 17.7 Å². The summed E-state index contributed by atoms with van der Waals surface area (Å²) in [6.45, 7) is 6.75. The van der Waals surface area contributed by atoms with E-state index < -0.39 is 5.97 Å². The Bertz CT molecular complexity index is 1370. The first-order valence-electron chi connectivity index (χ1n) is 11.9. The van der Waals surface area contributed by atoms with Gasteiger partial charge in [0.15, 0.2) is 4.77 Å². The Morgan fingerprint density at radius 2 is 1.97 bits per heavy atom.